The van der Waals surface area contributed by atoms with Crippen LogP contribution in [0.4, 0.5) is 5.82 Å². The van der Waals surface area contributed by atoms with E-state index in [9.17, 15) is 9.59 Å². The Morgan fingerprint density at radius 1 is 1.38 bits per heavy atom. The van der Waals surface area contributed by atoms with Crippen LogP contribution in [-0.2, 0) is 9.53 Å². The van der Waals surface area contributed by atoms with Crippen LogP contribution in [0.2, 0.25) is 0 Å². The zero-order valence-corrected chi connectivity index (χ0v) is 12.6. The second kappa shape index (κ2) is 8.24. The van der Waals surface area contributed by atoms with Crippen LogP contribution in [0, 0.1) is 5.92 Å². The molecule has 0 aliphatic rings. The van der Waals surface area contributed by atoms with Gasteiger partial charge in [0.25, 0.3) is 0 Å². The average molecular weight is 294 g/mol. The summed E-state index contributed by atoms with van der Waals surface area (Å²) in [5.74, 6) is -1.05. The third kappa shape index (κ3) is 5.41. The molecule has 116 valence electrons. The maximum Gasteiger partial charge on any atom is 0.341 e. The van der Waals surface area contributed by atoms with Gasteiger partial charge in [0.05, 0.1) is 13.0 Å². The fraction of sp³-hybridized carbons (Fsp3) is 0.533. The second-order valence-corrected chi connectivity index (χ2v) is 5.11. The maximum absolute atomic E-state index is 11.6. The smallest absolute Gasteiger partial charge is 0.341 e. The lowest BCUT2D eigenvalue weighted by atomic mass is 10.0. The van der Waals surface area contributed by atoms with Crippen LogP contribution in [0.1, 0.15) is 43.5 Å². The molecular formula is C15H22N2O4. The summed E-state index contributed by atoms with van der Waals surface area (Å²) in [6, 6.07) is 3.42. The first kappa shape index (κ1) is 16.9. The van der Waals surface area contributed by atoms with E-state index in [2.05, 4.69) is 10.3 Å². The molecule has 2 unspecified atom stereocenters. The molecule has 21 heavy (non-hydrogen) atoms. The van der Waals surface area contributed by atoms with Gasteiger partial charge in [-0.1, -0.05) is 13.3 Å². The Labute approximate surface area is 124 Å². The summed E-state index contributed by atoms with van der Waals surface area (Å²) >= 11 is 0. The Balaban J connectivity index is 2.53. The van der Waals surface area contributed by atoms with Crippen molar-refractivity contribution in [2.24, 2.45) is 5.92 Å². The first-order chi connectivity index (χ1) is 9.95. The molecular weight excluding hydrogens is 272 g/mol. The number of carbonyl (C=O) groups excluding carboxylic acids is 1. The lowest BCUT2D eigenvalue weighted by Gasteiger charge is -2.16. The van der Waals surface area contributed by atoms with Crippen LogP contribution >= 0.6 is 0 Å². The minimum atomic E-state index is -0.770. The summed E-state index contributed by atoms with van der Waals surface area (Å²) in [4.78, 5) is 26.5. The van der Waals surface area contributed by atoms with Gasteiger partial charge in [0.15, 0.2) is 0 Å². The van der Waals surface area contributed by atoms with Gasteiger partial charge in [-0.05, 0) is 31.9 Å². The maximum atomic E-state index is 11.6. The predicted molar refractivity (Wildman–Crippen MR) is 79.3 cm³/mol. The molecule has 0 radical (unpaired) electrons. The van der Waals surface area contributed by atoms with Gasteiger partial charge in [0.1, 0.15) is 11.4 Å². The number of carboxylic acids is 1. The van der Waals surface area contributed by atoms with E-state index in [0.29, 0.717) is 17.8 Å². The summed E-state index contributed by atoms with van der Waals surface area (Å²) in [5, 5.41) is 12.0. The lowest BCUT2D eigenvalue weighted by Crippen LogP contribution is -2.19. The number of nitrogens with zero attached hydrogens (tertiary/aromatic N) is 1. The minimum Gasteiger partial charge on any atom is -0.481 e. The van der Waals surface area contributed by atoms with Gasteiger partial charge < -0.3 is 15.2 Å². The minimum absolute atomic E-state index is 0.0873. The Morgan fingerprint density at radius 3 is 2.71 bits per heavy atom. The topological polar surface area (TPSA) is 88.5 Å². The van der Waals surface area contributed by atoms with Crippen molar-refractivity contribution >= 4 is 17.8 Å². The van der Waals surface area contributed by atoms with Gasteiger partial charge in [-0.2, -0.15) is 0 Å². The van der Waals surface area contributed by atoms with Gasteiger partial charge in [0.2, 0.25) is 0 Å². The van der Waals surface area contributed by atoms with Gasteiger partial charge in [-0.3, -0.25) is 4.79 Å². The number of esters is 1. The van der Waals surface area contributed by atoms with Crippen molar-refractivity contribution in [3.63, 3.8) is 0 Å². The van der Waals surface area contributed by atoms with Crippen LogP contribution in [0.25, 0.3) is 0 Å². The highest BCUT2D eigenvalue weighted by molar-refractivity contribution is 5.94. The third-order valence-corrected chi connectivity index (χ3v) is 3.29. The van der Waals surface area contributed by atoms with Gasteiger partial charge in [-0.25, -0.2) is 9.78 Å². The average Bonchev–Trinajstić information content (AvgIpc) is 2.46. The Kier molecular flexibility index (Phi) is 6.65. The molecule has 0 aliphatic carbocycles. The van der Waals surface area contributed by atoms with Gasteiger partial charge in [-0.15, -0.1) is 0 Å². The molecule has 1 rings (SSSR count). The molecule has 2 N–H and O–H groups in total. The molecule has 0 saturated carbocycles. The summed E-state index contributed by atoms with van der Waals surface area (Å²) in [7, 11) is 1.33. The molecule has 0 fully saturated rings. The highest BCUT2D eigenvalue weighted by Crippen LogP contribution is 2.16. The number of carboxylic acid groups (broad SMARTS) is 1. The Morgan fingerprint density at radius 2 is 2.10 bits per heavy atom. The molecule has 0 bridgehead atoms. The molecule has 6 nitrogen and oxygen atoms in total. The summed E-state index contributed by atoms with van der Waals surface area (Å²) in [6.07, 6.45) is 3.83. The predicted octanol–water partition coefficient (Wildman–Crippen LogP) is 2.56. The van der Waals surface area contributed by atoms with E-state index in [-0.39, 0.29) is 12.0 Å². The fourth-order valence-electron chi connectivity index (χ4n) is 1.95. The van der Waals surface area contributed by atoms with Crippen molar-refractivity contribution in [2.75, 3.05) is 12.4 Å². The van der Waals surface area contributed by atoms with E-state index >= 15 is 0 Å². The lowest BCUT2D eigenvalue weighted by molar-refractivity contribution is -0.141. The molecule has 1 heterocycles. The summed E-state index contributed by atoms with van der Waals surface area (Å²) in [5.41, 5.74) is 0.394. The van der Waals surface area contributed by atoms with Crippen LogP contribution in [-0.4, -0.2) is 35.2 Å². The number of pyridine rings is 1. The van der Waals surface area contributed by atoms with Crippen molar-refractivity contribution in [1.82, 2.24) is 4.98 Å². The van der Waals surface area contributed by atoms with Crippen molar-refractivity contribution in [3.05, 3.63) is 23.9 Å². The number of rotatable bonds is 8. The van der Waals surface area contributed by atoms with Crippen LogP contribution in [0.3, 0.4) is 0 Å². The zero-order chi connectivity index (χ0) is 15.8. The highest BCUT2D eigenvalue weighted by atomic mass is 16.5. The summed E-state index contributed by atoms with van der Waals surface area (Å²) < 4.78 is 4.71. The number of aromatic nitrogens is 1. The number of nitrogens with one attached hydrogen (secondary N) is 1. The molecule has 0 spiro atoms. The highest BCUT2D eigenvalue weighted by Gasteiger charge is 2.15. The van der Waals surface area contributed by atoms with Gasteiger partial charge in [0, 0.05) is 12.2 Å². The standard InChI is InChI=1S/C15H22N2O4/c1-10(14(18)19)6-4-7-11(2)17-13-12(15(20)21-3)8-5-9-16-13/h5,8-11H,4,6-7H2,1-3H3,(H,16,17)(H,18,19). The normalized spacial score (nSPS) is 13.3. The number of hydrogen-bond donors (Lipinski definition) is 2. The second-order valence-electron chi connectivity index (χ2n) is 5.11. The van der Waals surface area contributed by atoms with Crippen molar-refractivity contribution < 1.29 is 19.4 Å². The first-order valence-electron chi connectivity index (χ1n) is 6.98. The number of carbonyl (C=O) groups is 2. The van der Waals surface area contributed by atoms with E-state index in [1.54, 1.807) is 25.3 Å². The number of aliphatic carboxylic acids is 1. The monoisotopic (exact) mass is 294 g/mol. The summed E-state index contributed by atoms with van der Waals surface area (Å²) in [6.45, 7) is 3.68. The molecule has 0 aliphatic heterocycles. The van der Waals surface area contributed by atoms with E-state index < -0.39 is 11.9 Å². The number of anilines is 1. The van der Waals surface area contributed by atoms with E-state index in [1.165, 1.54) is 7.11 Å². The van der Waals surface area contributed by atoms with Crippen LogP contribution in [0.15, 0.2) is 18.3 Å². The fourth-order valence-corrected chi connectivity index (χ4v) is 1.95. The van der Waals surface area contributed by atoms with Crippen molar-refractivity contribution in [2.45, 2.75) is 39.2 Å². The first-order valence-corrected chi connectivity index (χ1v) is 6.98. The zero-order valence-electron chi connectivity index (χ0n) is 12.6. The SMILES string of the molecule is COC(=O)c1cccnc1NC(C)CCCC(C)C(=O)O. The Bertz CT molecular complexity index is 490. The number of hydrogen-bond acceptors (Lipinski definition) is 5. The number of methoxy groups -OCH3 is 1. The molecule has 2 atom stereocenters. The molecule has 6 heteroatoms. The molecule has 0 amide bonds. The quantitative estimate of drug-likeness (QED) is 0.716. The number of ether oxygens (including phenoxy) is 1. The third-order valence-electron chi connectivity index (χ3n) is 3.29. The molecule has 0 aromatic carbocycles. The molecule has 1 aromatic rings. The van der Waals surface area contributed by atoms with Crippen LogP contribution < -0.4 is 5.32 Å². The largest absolute Gasteiger partial charge is 0.481 e. The Hall–Kier alpha value is -2.11. The van der Waals surface area contributed by atoms with Crippen LogP contribution in [0.5, 0.6) is 0 Å². The van der Waals surface area contributed by atoms with E-state index in [4.69, 9.17) is 9.84 Å². The van der Waals surface area contributed by atoms with Crippen molar-refractivity contribution in [3.8, 4) is 0 Å². The van der Waals surface area contributed by atoms with Crippen molar-refractivity contribution in [1.29, 1.82) is 0 Å². The van der Waals surface area contributed by atoms with Gasteiger partial charge >= 0.3 is 11.9 Å². The molecule has 0 saturated heterocycles. The molecule has 1 aromatic heterocycles. The van der Waals surface area contributed by atoms with E-state index in [0.717, 1.165) is 12.8 Å². The van der Waals surface area contributed by atoms with E-state index in [1.807, 2.05) is 6.92 Å².